The van der Waals surface area contributed by atoms with Crippen molar-refractivity contribution in [1.82, 2.24) is 9.27 Å². The summed E-state index contributed by atoms with van der Waals surface area (Å²) in [5.74, 6) is 0. The number of carbonyl (C=O) groups excluding carboxylic acids is 1. The van der Waals surface area contributed by atoms with E-state index in [-0.39, 0.29) is 23.4 Å². The van der Waals surface area contributed by atoms with Gasteiger partial charge in [-0.1, -0.05) is 11.6 Å². The van der Waals surface area contributed by atoms with E-state index in [1.54, 1.807) is 4.90 Å². The molecule has 2 heterocycles. The van der Waals surface area contributed by atoms with Crippen LogP contribution < -0.4 is 5.32 Å². The molecule has 0 aliphatic carbocycles. The van der Waals surface area contributed by atoms with E-state index in [2.05, 4.69) is 15.8 Å². The van der Waals surface area contributed by atoms with Crippen LogP contribution in [-0.4, -0.2) is 40.6 Å². The Morgan fingerprint density at radius 3 is 2.81 bits per heavy atom. The van der Waals surface area contributed by atoms with Crippen LogP contribution in [0.5, 0.6) is 0 Å². The summed E-state index contributed by atoms with van der Waals surface area (Å²) in [5, 5.41) is 13.3. The molecule has 0 radical (unpaired) electrons. The Kier molecular flexibility index (Phi) is 5.26. The SMILES string of the molecule is CC(C)OC(=O)N1CCC(Nc2snc(Cl)c2C#N)CC1. The molecule has 0 aromatic carbocycles. The molecule has 6 nitrogen and oxygen atoms in total. The van der Waals surface area contributed by atoms with Gasteiger partial charge in [-0.15, -0.1) is 0 Å². The standard InChI is InChI=1S/C13H17ClN4O2S/c1-8(2)20-13(19)18-5-3-9(4-6-18)16-12-10(7-15)11(14)17-21-12/h8-9,16H,3-6H2,1-2H3. The van der Waals surface area contributed by atoms with E-state index in [0.717, 1.165) is 12.8 Å². The van der Waals surface area contributed by atoms with E-state index in [1.807, 2.05) is 13.8 Å². The van der Waals surface area contributed by atoms with E-state index < -0.39 is 0 Å². The molecule has 21 heavy (non-hydrogen) atoms. The Balaban J connectivity index is 1.87. The van der Waals surface area contributed by atoms with Crippen molar-refractivity contribution in [1.29, 1.82) is 5.26 Å². The highest BCUT2D eigenvalue weighted by molar-refractivity contribution is 7.10. The largest absolute Gasteiger partial charge is 0.447 e. The number of hydrogen-bond acceptors (Lipinski definition) is 6. The number of nitrogens with zero attached hydrogens (tertiary/aromatic N) is 3. The summed E-state index contributed by atoms with van der Waals surface area (Å²) in [6, 6.07) is 2.26. The average molecular weight is 329 g/mol. The lowest BCUT2D eigenvalue weighted by Crippen LogP contribution is -2.43. The molecule has 1 fully saturated rings. The highest BCUT2D eigenvalue weighted by Gasteiger charge is 2.25. The first-order valence-corrected chi connectivity index (χ1v) is 7.93. The maximum absolute atomic E-state index is 11.8. The van der Waals surface area contributed by atoms with E-state index in [4.69, 9.17) is 21.6 Å². The van der Waals surface area contributed by atoms with Gasteiger partial charge in [0.1, 0.15) is 16.6 Å². The number of piperidine rings is 1. The van der Waals surface area contributed by atoms with Crippen molar-refractivity contribution >= 4 is 34.2 Å². The van der Waals surface area contributed by atoms with E-state index in [0.29, 0.717) is 23.7 Å². The maximum Gasteiger partial charge on any atom is 0.410 e. The molecule has 0 bridgehead atoms. The fourth-order valence-electron chi connectivity index (χ4n) is 2.13. The fourth-order valence-corrected chi connectivity index (χ4v) is 3.15. The summed E-state index contributed by atoms with van der Waals surface area (Å²) in [6.45, 7) is 4.95. The smallest absolute Gasteiger partial charge is 0.410 e. The summed E-state index contributed by atoms with van der Waals surface area (Å²) in [6.07, 6.45) is 1.23. The molecule has 1 aromatic heterocycles. The number of rotatable bonds is 3. The van der Waals surface area contributed by atoms with Crippen LogP contribution in [-0.2, 0) is 4.74 Å². The molecule has 114 valence electrons. The molecule has 1 amide bonds. The third-order valence-corrected chi connectivity index (χ3v) is 4.34. The molecule has 0 unspecified atom stereocenters. The third-order valence-electron chi connectivity index (χ3n) is 3.19. The van der Waals surface area contributed by atoms with E-state index in [9.17, 15) is 4.79 Å². The molecular formula is C13H17ClN4O2S. The first-order valence-electron chi connectivity index (χ1n) is 6.78. The molecule has 1 aromatic rings. The van der Waals surface area contributed by atoms with Gasteiger partial charge in [-0.05, 0) is 38.2 Å². The van der Waals surface area contributed by atoms with Gasteiger partial charge in [0.25, 0.3) is 0 Å². The van der Waals surface area contributed by atoms with Gasteiger partial charge in [-0.3, -0.25) is 0 Å². The second-order valence-corrected chi connectivity index (χ2v) is 6.26. The number of aromatic nitrogens is 1. The van der Waals surface area contributed by atoms with Crippen LogP contribution in [0, 0.1) is 11.3 Å². The van der Waals surface area contributed by atoms with Gasteiger partial charge in [0.05, 0.1) is 6.10 Å². The monoisotopic (exact) mass is 328 g/mol. The predicted octanol–water partition coefficient (Wildman–Crippen LogP) is 3.09. The second kappa shape index (κ2) is 6.96. The highest BCUT2D eigenvalue weighted by Crippen LogP contribution is 2.29. The molecule has 0 spiro atoms. The van der Waals surface area contributed by atoms with Crippen LogP contribution in [0.4, 0.5) is 9.80 Å². The summed E-state index contributed by atoms with van der Waals surface area (Å²) < 4.78 is 9.15. The Hall–Kier alpha value is -1.52. The number of ether oxygens (including phenoxy) is 1. The molecular weight excluding hydrogens is 312 g/mol. The molecule has 0 saturated carbocycles. The zero-order valence-corrected chi connectivity index (χ0v) is 13.5. The Morgan fingerprint density at radius 2 is 2.24 bits per heavy atom. The molecule has 1 aliphatic rings. The molecule has 2 rings (SSSR count). The third kappa shape index (κ3) is 3.99. The lowest BCUT2D eigenvalue weighted by Gasteiger charge is -2.32. The summed E-state index contributed by atoms with van der Waals surface area (Å²) in [7, 11) is 0. The number of halogens is 1. The molecule has 1 aliphatic heterocycles. The van der Waals surface area contributed by atoms with Crippen molar-refractivity contribution in [3.8, 4) is 6.07 Å². The number of likely N-dealkylation sites (tertiary alicyclic amines) is 1. The van der Waals surface area contributed by atoms with Crippen LogP contribution in [0.25, 0.3) is 0 Å². The van der Waals surface area contributed by atoms with Crippen LogP contribution in [0.1, 0.15) is 32.3 Å². The number of nitriles is 1. The average Bonchev–Trinajstić information content (AvgIpc) is 2.79. The van der Waals surface area contributed by atoms with Gasteiger partial charge < -0.3 is 15.0 Å². The topological polar surface area (TPSA) is 78.2 Å². The molecule has 0 atom stereocenters. The van der Waals surface area contributed by atoms with Gasteiger partial charge >= 0.3 is 6.09 Å². The molecule has 8 heteroatoms. The minimum absolute atomic E-state index is 0.106. The lowest BCUT2D eigenvalue weighted by molar-refractivity contribution is 0.0701. The number of amides is 1. The van der Waals surface area contributed by atoms with Crippen LogP contribution >= 0.6 is 23.1 Å². The van der Waals surface area contributed by atoms with E-state index in [1.165, 1.54) is 11.5 Å². The van der Waals surface area contributed by atoms with Crippen LogP contribution in [0.2, 0.25) is 5.15 Å². The first kappa shape index (κ1) is 15.9. The Bertz CT molecular complexity index is 547. The zero-order chi connectivity index (χ0) is 15.4. The van der Waals surface area contributed by atoms with Gasteiger partial charge in [0.2, 0.25) is 0 Å². The molecule has 1 saturated heterocycles. The fraction of sp³-hybridized carbons (Fsp3) is 0.615. The normalized spacial score (nSPS) is 15.9. The summed E-state index contributed by atoms with van der Waals surface area (Å²) in [5.41, 5.74) is 0.392. The minimum atomic E-state index is -0.262. The van der Waals surface area contributed by atoms with Crippen LogP contribution in [0.15, 0.2) is 0 Å². The van der Waals surface area contributed by atoms with E-state index >= 15 is 0 Å². The Morgan fingerprint density at radius 1 is 1.57 bits per heavy atom. The lowest BCUT2D eigenvalue weighted by atomic mass is 10.1. The molecule has 1 N–H and O–H groups in total. The number of hydrogen-bond donors (Lipinski definition) is 1. The number of nitrogens with one attached hydrogen (secondary N) is 1. The number of anilines is 1. The van der Waals surface area contributed by atoms with Crippen molar-refractivity contribution in [2.75, 3.05) is 18.4 Å². The van der Waals surface area contributed by atoms with Crippen LogP contribution in [0.3, 0.4) is 0 Å². The highest BCUT2D eigenvalue weighted by atomic mass is 35.5. The van der Waals surface area contributed by atoms with Gasteiger partial charge in [0, 0.05) is 19.1 Å². The zero-order valence-electron chi connectivity index (χ0n) is 11.9. The maximum atomic E-state index is 11.8. The van der Waals surface area contributed by atoms with Crippen molar-refractivity contribution in [3.63, 3.8) is 0 Å². The first-order chi connectivity index (χ1) is 10.0. The predicted molar refractivity (Wildman–Crippen MR) is 81.7 cm³/mol. The number of carbonyl (C=O) groups is 1. The Labute approximate surface area is 132 Å². The van der Waals surface area contributed by atoms with Crippen molar-refractivity contribution < 1.29 is 9.53 Å². The summed E-state index contributed by atoms with van der Waals surface area (Å²) in [4.78, 5) is 13.5. The van der Waals surface area contributed by atoms with Crippen molar-refractivity contribution in [2.45, 2.75) is 38.8 Å². The second-order valence-electron chi connectivity index (χ2n) is 5.13. The quantitative estimate of drug-likeness (QED) is 0.922. The summed E-state index contributed by atoms with van der Waals surface area (Å²) >= 11 is 7.03. The minimum Gasteiger partial charge on any atom is -0.447 e. The van der Waals surface area contributed by atoms with Gasteiger partial charge in [-0.25, -0.2) is 4.79 Å². The van der Waals surface area contributed by atoms with Crippen molar-refractivity contribution in [2.24, 2.45) is 0 Å². The van der Waals surface area contributed by atoms with Gasteiger partial charge in [0.15, 0.2) is 5.15 Å². The van der Waals surface area contributed by atoms with Crippen molar-refractivity contribution in [3.05, 3.63) is 10.7 Å². The van der Waals surface area contributed by atoms with Gasteiger partial charge in [-0.2, -0.15) is 9.64 Å².